The molecule has 0 saturated carbocycles. The minimum absolute atomic E-state index is 0.00678. The molecular formula is C20H28N2O3. The first-order valence-corrected chi connectivity index (χ1v) is 8.47. The van der Waals surface area contributed by atoms with Crippen molar-refractivity contribution in [3.8, 4) is 5.75 Å². The van der Waals surface area contributed by atoms with Crippen LogP contribution in [0, 0.1) is 0 Å². The van der Waals surface area contributed by atoms with Crippen LogP contribution in [0.4, 0.5) is 0 Å². The highest BCUT2D eigenvalue weighted by atomic mass is 16.5. The number of benzene rings is 1. The maximum atomic E-state index is 12.1. The van der Waals surface area contributed by atoms with E-state index in [0.29, 0.717) is 12.3 Å². The topological polar surface area (TPSA) is 54.7 Å². The van der Waals surface area contributed by atoms with Gasteiger partial charge in [0.25, 0.3) is 5.91 Å². The summed E-state index contributed by atoms with van der Waals surface area (Å²) in [5.74, 6) is 1.36. The predicted molar refractivity (Wildman–Crippen MR) is 98.8 cm³/mol. The fraction of sp³-hybridized carbons (Fsp3) is 0.450. The molecule has 0 aliphatic heterocycles. The van der Waals surface area contributed by atoms with Gasteiger partial charge < -0.3 is 14.5 Å². The molecule has 5 heteroatoms. The highest BCUT2D eigenvalue weighted by molar-refractivity contribution is 5.77. The number of rotatable bonds is 7. The molecule has 0 bridgehead atoms. The number of ether oxygens (including phenoxy) is 1. The van der Waals surface area contributed by atoms with Crippen molar-refractivity contribution in [2.75, 3.05) is 27.2 Å². The molecule has 1 atom stereocenters. The first kappa shape index (κ1) is 19.1. The van der Waals surface area contributed by atoms with Crippen molar-refractivity contribution in [2.45, 2.75) is 32.2 Å². The summed E-state index contributed by atoms with van der Waals surface area (Å²) in [5.41, 5.74) is 1.33. The van der Waals surface area contributed by atoms with Gasteiger partial charge in [-0.15, -0.1) is 0 Å². The second-order valence-corrected chi connectivity index (χ2v) is 7.36. The maximum absolute atomic E-state index is 12.1. The van der Waals surface area contributed by atoms with E-state index < -0.39 is 0 Å². The van der Waals surface area contributed by atoms with E-state index in [-0.39, 0.29) is 24.0 Å². The van der Waals surface area contributed by atoms with Crippen molar-refractivity contribution < 1.29 is 13.9 Å². The van der Waals surface area contributed by atoms with Gasteiger partial charge in [0.15, 0.2) is 6.61 Å². The standard InChI is InChI=1S/C20H28N2O3/c1-20(2,3)15-8-10-16(11-9-15)25-14-19(23)21-13-17(22(4)5)18-7-6-12-24-18/h6-12,17H,13-14H2,1-5H3,(H,21,23). The van der Waals surface area contributed by atoms with Crippen LogP contribution in [0.1, 0.15) is 38.1 Å². The first-order valence-electron chi connectivity index (χ1n) is 8.47. The number of likely N-dealkylation sites (N-methyl/N-ethyl adjacent to an activating group) is 1. The molecule has 0 spiro atoms. The van der Waals surface area contributed by atoms with Gasteiger partial charge in [-0.05, 0) is 49.3 Å². The molecule has 0 saturated heterocycles. The number of hydrogen-bond acceptors (Lipinski definition) is 4. The van der Waals surface area contributed by atoms with Crippen molar-refractivity contribution in [1.29, 1.82) is 0 Å². The molecule has 136 valence electrons. The van der Waals surface area contributed by atoms with E-state index in [1.165, 1.54) is 5.56 Å². The van der Waals surface area contributed by atoms with Crippen LogP contribution in [-0.4, -0.2) is 38.1 Å². The number of nitrogens with zero attached hydrogens (tertiary/aromatic N) is 1. The Labute approximate surface area is 150 Å². The van der Waals surface area contributed by atoms with Crippen molar-refractivity contribution in [1.82, 2.24) is 10.2 Å². The summed E-state index contributed by atoms with van der Waals surface area (Å²) >= 11 is 0. The zero-order valence-electron chi connectivity index (χ0n) is 15.7. The fourth-order valence-electron chi connectivity index (χ4n) is 2.48. The fourth-order valence-corrected chi connectivity index (χ4v) is 2.48. The molecule has 0 aliphatic carbocycles. The van der Waals surface area contributed by atoms with Crippen molar-refractivity contribution >= 4 is 5.91 Å². The number of amides is 1. The highest BCUT2D eigenvalue weighted by Gasteiger charge is 2.18. The first-order chi connectivity index (χ1) is 11.8. The number of nitrogens with one attached hydrogen (secondary N) is 1. The lowest BCUT2D eigenvalue weighted by molar-refractivity contribution is -0.123. The van der Waals surface area contributed by atoms with Crippen LogP contribution in [-0.2, 0) is 10.2 Å². The molecule has 1 unspecified atom stereocenters. The molecule has 2 rings (SSSR count). The Morgan fingerprint density at radius 3 is 2.40 bits per heavy atom. The molecule has 0 fully saturated rings. The molecule has 2 aromatic rings. The Morgan fingerprint density at radius 1 is 1.20 bits per heavy atom. The van der Waals surface area contributed by atoms with Gasteiger partial charge in [-0.3, -0.25) is 9.69 Å². The summed E-state index contributed by atoms with van der Waals surface area (Å²) in [5, 5.41) is 2.89. The molecule has 1 N–H and O–H groups in total. The monoisotopic (exact) mass is 344 g/mol. The highest BCUT2D eigenvalue weighted by Crippen LogP contribution is 2.24. The molecule has 25 heavy (non-hydrogen) atoms. The molecule has 5 nitrogen and oxygen atoms in total. The number of furan rings is 1. The van der Waals surface area contributed by atoms with Gasteiger partial charge in [-0.1, -0.05) is 32.9 Å². The van der Waals surface area contributed by atoms with E-state index in [0.717, 1.165) is 5.76 Å². The van der Waals surface area contributed by atoms with E-state index in [2.05, 4.69) is 26.1 Å². The summed E-state index contributed by atoms with van der Waals surface area (Å²) < 4.78 is 11.0. The minimum atomic E-state index is -0.154. The maximum Gasteiger partial charge on any atom is 0.258 e. The van der Waals surface area contributed by atoms with Gasteiger partial charge in [-0.25, -0.2) is 0 Å². The summed E-state index contributed by atoms with van der Waals surface area (Å²) in [6.07, 6.45) is 1.64. The number of carbonyl (C=O) groups is 1. The zero-order valence-corrected chi connectivity index (χ0v) is 15.7. The van der Waals surface area contributed by atoms with Crippen LogP contribution >= 0.6 is 0 Å². The van der Waals surface area contributed by atoms with Gasteiger partial charge in [-0.2, -0.15) is 0 Å². The molecule has 1 aromatic heterocycles. The average Bonchev–Trinajstić information content (AvgIpc) is 3.06. The zero-order chi connectivity index (χ0) is 18.4. The summed E-state index contributed by atoms with van der Waals surface area (Å²) in [4.78, 5) is 14.1. The number of carbonyl (C=O) groups excluding carboxylic acids is 1. The lowest BCUT2D eigenvalue weighted by Gasteiger charge is -2.22. The summed E-state index contributed by atoms with van der Waals surface area (Å²) in [6.45, 7) is 6.95. The lowest BCUT2D eigenvalue weighted by atomic mass is 9.87. The summed E-state index contributed by atoms with van der Waals surface area (Å²) in [7, 11) is 3.90. The largest absolute Gasteiger partial charge is 0.484 e. The molecule has 1 aromatic carbocycles. The quantitative estimate of drug-likeness (QED) is 0.837. The molecular weight excluding hydrogens is 316 g/mol. The third-order valence-electron chi connectivity index (χ3n) is 4.08. The molecule has 1 amide bonds. The van der Waals surface area contributed by atoms with Gasteiger partial charge in [0.2, 0.25) is 0 Å². The Balaban J connectivity index is 1.82. The van der Waals surface area contributed by atoms with Crippen LogP contribution in [0.3, 0.4) is 0 Å². The third kappa shape index (κ3) is 5.64. The van der Waals surface area contributed by atoms with Crippen LogP contribution < -0.4 is 10.1 Å². The minimum Gasteiger partial charge on any atom is -0.484 e. The normalized spacial score (nSPS) is 12.9. The van der Waals surface area contributed by atoms with E-state index in [4.69, 9.17) is 9.15 Å². The Hall–Kier alpha value is -2.27. The van der Waals surface area contributed by atoms with Gasteiger partial charge >= 0.3 is 0 Å². The smallest absolute Gasteiger partial charge is 0.258 e. The van der Waals surface area contributed by atoms with Gasteiger partial charge in [0, 0.05) is 6.54 Å². The second kappa shape index (κ2) is 8.21. The van der Waals surface area contributed by atoms with Crippen molar-refractivity contribution in [3.05, 3.63) is 54.0 Å². The van der Waals surface area contributed by atoms with Crippen molar-refractivity contribution in [2.24, 2.45) is 0 Å². The van der Waals surface area contributed by atoms with E-state index in [1.807, 2.05) is 55.4 Å². The number of hydrogen-bond donors (Lipinski definition) is 1. The Morgan fingerprint density at radius 2 is 1.88 bits per heavy atom. The third-order valence-corrected chi connectivity index (χ3v) is 4.08. The Bertz CT molecular complexity index is 655. The second-order valence-electron chi connectivity index (χ2n) is 7.36. The molecule has 0 radical (unpaired) electrons. The van der Waals surface area contributed by atoms with Crippen LogP contribution in [0.15, 0.2) is 47.1 Å². The lowest BCUT2D eigenvalue weighted by Crippen LogP contribution is -2.36. The van der Waals surface area contributed by atoms with Crippen LogP contribution in [0.25, 0.3) is 0 Å². The van der Waals surface area contributed by atoms with E-state index >= 15 is 0 Å². The van der Waals surface area contributed by atoms with Gasteiger partial charge in [0.1, 0.15) is 11.5 Å². The average molecular weight is 344 g/mol. The summed E-state index contributed by atoms with van der Waals surface area (Å²) in [6, 6.07) is 11.6. The SMILES string of the molecule is CN(C)C(CNC(=O)COc1ccc(C(C)(C)C)cc1)c1ccco1. The Kier molecular flexibility index (Phi) is 6.26. The predicted octanol–water partition coefficient (Wildman–Crippen LogP) is 3.38. The van der Waals surface area contributed by atoms with Crippen LogP contribution in [0.2, 0.25) is 0 Å². The van der Waals surface area contributed by atoms with Crippen LogP contribution in [0.5, 0.6) is 5.75 Å². The van der Waals surface area contributed by atoms with Crippen molar-refractivity contribution in [3.63, 3.8) is 0 Å². The molecule has 0 aliphatic rings. The molecule has 1 heterocycles. The van der Waals surface area contributed by atoms with E-state index in [9.17, 15) is 4.79 Å². The van der Waals surface area contributed by atoms with Gasteiger partial charge in [0.05, 0.1) is 12.3 Å². The van der Waals surface area contributed by atoms with E-state index in [1.54, 1.807) is 6.26 Å².